The number of phenolic OH excluding ortho intramolecular Hbond substituents is 1. The summed E-state index contributed by atoms with van der Waals surface area (Å²) in [5.74, 6) is -1.01. The van der Waals surface area contributed by atoms with Crippen molar-refractivity contribution >= 4 is 17.7 Å². The van der Waals surface area contributed by atoms with Crippen LogP contribution in [0.4, 0.5) is 0 Å². The summed E-state index contributed by atoms with van der Waals surface area (Å²) in [4.78, 5) is 41.3. The van der Waals surface area contributed by atoms with Crippen molar-refractivity contribution in [2.75, 3.05) is 13.7 Å². The van der Waals surface area contributed by atoms with Crippen molar-refractivity contribution in [1.29, 1.82) is 0 Å². The molecular formula is C31H36N4O6. The average molecular weight is 561 g/mol. The highest BCUT2D eigenvalue weighted by Gasteiger charge is 2.42. The quantitative estimate of drug-likeness (QED) is 0.253. The molecule has 3 amide bonds. The SMILES string of the molecule is COc1cccc(CNC(=O)[C@@H]2C[C@@H](N)CN2C(=O)[C@@H](O)[C@H](Cc2ccccc2)NC(=O)c2cccc(O)c2C)c1. The van der Waals surface area contributed by atoms with Crippen LogP contribution in [0.5, 0.6) is 11.5 Å². The smallest absolute Gasteiger partial charge is 0.254 e. The van der Waals surface area contributed by atoms with Crippen molar-refractivity contribution in [2.45, 2.75) is 50.5 Å². The van der Waals surface area contributed by atoms with Gasteiger partial charge in [0.1, 0.15) is 17.5 Å². The van der Waals surface area contributed by atoms with E-state index in [4.69, 9.17) is 10.5 Å². The van der Waals surface area contributed by atoms with Crippen LogP contribution >= 0.6 is 0 Å². The molecule has 0 unspecified atom stereocenters. The number of aliphatic hydroxyl groups is 1. The van der Waals surface area contributed by atoms with Crippen LogP contribution < -0.4 is 21.1 Å². The molecule has 1 fully saturated rings. The molecule has 3 aromatic rings. The summed E-state index contributed by atoms with van der Waals surface area (Å²) in [7, 11) is 1.56. The Morgan fingerprint density at radius 1 is 1.05 bits per heavy atom. The van der Waals surface area contributed by atoms with E-state index < -0.39 is 36.0 Å². The van der Waals surface area contributed by atoms with Gasteiger partial charge in [-0.3, -0.25) is 14.4 Å². The molecular weight excluding hydrogens is 524 g/mol. The number of nitrogens with zero attached hydrogens (tertiary/aromatic N) is 1. The maximum Gasteiger partial charge on any atom is 0.254 e. The largest absolute Gasteiger partial charge is 0.508 e. The lowest BCUT2D eigenvalue weighted by Crippen LogP contribution is -2.55. The molecule has 0 spiro atoms. The Morgan fingerprint density at radius 3 is 2.49 bits per heavy atom. The monoisotopic (exact) mass is 560 g/mol. The third-order valence-corrected chi connectivity index (χ3v) is 7.32. The first-order chi connectivity index (χ1) is 19.7. The van der Waals surface area contributed by atoms with Crippen molar-refractivity contribution in [3.8, 4) is 11.5 Å². The molecule has 1 heterocycles. The number of nitrogens with one attached hydrogen (secondary N) is 2. The number of phenols is 1. The maximum absolute atomic E-state index is 13.7. The highest BCUT2D eigenvalue weighted by Crippen LogP contribution is 2.22. The van der Waals surface area contributed by atoms with Gasteiger partial charge in [-0.2, -0.15) is 0 Å². The van der Waals surface area contributed by atoms with Crippen LogP contribution in [0.1, 0.15) is 33.5 Å². The number of hydrogen-bond donors (Lipinski definition) is 5. The zero-order valence-corrected chi connectivity index (χ0v) is 23.1. The molecule has 10 heteroatoms. The van der Waals surface area contributed by atoms with E-state index in [9.17, 15) is 24.6 Å². The van der Waals surface area contributed by atoms with E-state index in [1.807, 2.05) is 42.5 Å². The van der Waals surface area contributed by atoms with Crippen LogP contribution in [0.15, 0.2) is 72.8 Å². The van der Waals surface area contributed by atoms with E-state index >= 15 is 0 Å². The number of rotatable bonds is 10. The first kappa shape index (κ1) is 29.6. The second-order valence-corrected chi connectivity index (χ2v) is 10.2. The summed E-state index contributed by atoms with van der Waals surface area (Å²) in [5, 5.41) is 27.0. The molecule has 6 N–H and O–H groups in total. The number of methoxy groups -OCH3 is 1. The Kier molecular flexibility index (Phi) is 9.59. The Morgan fingerprint density at radius 2 is 1.76 bits per heavy atom. The molecule has 0 aromatic heterocycles. The number of likely N-dealkylation sites (tertiary alicyclic amines) is 1. The third kappa shape index (κ3) is 7.22. The fourth-order valence-electron chi connectivity index (χ4n) is 5.02. The average Bonchev–Trinajstić information content (AvgIpc) is 3.38. The predicted molar refractivity (Wildman–Crippen MR) is 153 cm³/mol. The highest BCUT2D eigenvalue weighted by atomic mass is 16.5. The minimum absolute atomic E-state index is 0.0391. The number of carbonyl (C=O) groups excluding carboxylic acids is 3. The van der Waals surface area contributed by atoms with E-state index in [1.54, 1.807) is 38.3 Å². The standard InChI is InChI=1S/C31H36N4O6/c1-19-24(12-7-13-27(19)36)29(38)34-25(15-20-8-4-3-5-9-20)28(37)31(40)35-18-22(32)16-26(35)30(39)33-17-21-10-6-11-23(14-21)41-2/h3-14,22,25-26,28,36-37H,15-18,32H2,1-2H3,(H,33,39)(H,34,38)/t22-,25+,26+,28+/m1/s1. The topological polar surface area (TPSA) is 154 Å². The molecule has 4 rings (SSSR count). The lowest BCUT2D eigenvalue weighted by atomic mass is 9.98. The van der Waals surface area contributed by atoms with E-state index in [1.165, 1.54) is 11.0 Å². The minimum Gasteiger partial charge on any atom is -0.508 e. The molecule has 216 valence electrons. The van der Waals surface area contributed by atoms with Crippen molar-refractivity contribution in [3.63, 3.8) is 0 Å². The van der Waals surface area contributed by atoms with Gasteiger partial charge in [-0.25, -0.2) is 0 Å². The molecule has 0 bridgehead atoms. The van der Waals surface area contributed by atoms with Gasteiger partial charge in [-0.05, 0) is 55.2 Å². The maximum atomic E-state index is 13.7. The summed E-state index contributed by atoms with van der Waals surface area (Å²) < 4.78 is 5.23. The molecule has 1 aliphatic rings. The predicted octanol–water partition coefficient (Wildman–Crippen LogP) is 1.66. The van der Waals surface area contributed by atoms with E-state index in [2.05, 4.69) is 10.6 Å². The van der Waals surface area contributed by atoms with Gasteiger partial charge in [0, 0.05) is 30.3 Å². The number of amides is 3. The molecule has 0 saturated carbocycles. The second kappa shape index (κ2) is 13.3. The van der Waals surface area contributed by atoms with Gasteiger partial charge >= 0.3 is 0 Å². The van der Waals surface area contributed by atoms with Gasteiger partial charge < -0.3 is 36.2 Å². The third-order valence-electron chi connectivity index (χ3n) is 7.32. The summed E-state index contributed by atoms with van der Waals surface area (Å²) in [6.07, 6.45) is -1.26. The fourth-order valence-corrected chi connectivity index (χ4v) is 5.02. The second-order valence-electron chi connectivity index (χ2n) is 10.2. The first-order valence-electron chi connectivity index (χ1n) is 13.5. The molecule has 4 atom stereocenters. The van der Waals surface area contributed by atoms with Crippen molar-refractivity contribution in [3.05, 3.63) is 95.1 Å². The van der Waals surface area contributed by atoms with Crippen molar-refractivity contribution < 1.29 is 29.3 Å². The fraction of sp³-hybridized carbons (Fsp3) is 0.323. The van der Waals surface area contributed by atoms with Crippen LogP contribution in [0.3, 0.4) is 0 Å². The van der Waals surface area contributed by atoms with Gasteiger partial charge in [0.15, 0.2) is 6.10 Å². The Labute approximate surface area is 239 Å². The lowest BCUT2D eigenvalue weighted by molar-refractivity contribution is -0.146. The van der Waals surface area contributed by atoms with E-state index in [0.717, 1.165) is 11.1 Å². The zero-order valence-electron chi connectivity index (χ0n) is 23.1. The lowest BCUT2D eigenvalue weighted by Gasteiger charge is -2.30. The van der Waals surface area contributed by atoms with Crippen LogP contribution in [0, 0.1) is 6.92 Å². The minimum atomic E-state index is -1.66. The van der Waals surface area contributed by atoms with Crippen LogP contribution in [-0.4, -0.2) is 70.7 Å². The van der Waals surface area contributed by atoms with Crippen LogP contribution in [0.2, 0.25) is 0 Å². The number of benzene rings is 3. The molecule has 10 nitrogen and oxygen atoms in total. The van der Waals surface area contributed by atoms with Gasteiger partial charge in [0.25, 0.3) is 11.8 Å². The van der Waals surface area contributed by atoms with Crippen molar-refractivity contribution in [2.24, 2.45) is 5.73 Å². The van der Waals surface area contributed by atoms with Crippen LogP contribution in [0.25, 0.3) is 0 Å². The van der Waals surface area contributed by atoms with Crippen LogP contribution in [-0.2, 0) is 22.6 Å². The highest BCUT2D eigenvalue weighted by molar-refractivity contribution is 5.97. The van der Waals surface area contributed by atoms with E-state index in [0.29, 0.717) is 11.3 Å². The van der Waals surface area contributed by atoms with Crippen molar-refractivity contribution in [1.82, 2.24) is 15.5 Å². The summed E-state index contributed by atoms with van der Waals surface area (Å²) in [6.45, 7) is 1.92. The number of nitrogens with two attached hydrogens (primary N) is 1. The Hall–Kier alpha value is -4.41. The van der Waals surface area contributed by atoms with Gasteiger partial charge in [-0.15, -0.1) is 0 Å². The number of ether oxygens (including phenoxy) is 1. The number of hydrogen-bond acceptors (Lipinski definition) is 7. The Balaban J connectivity index is 1.51. The van der Waals surface area contributed by atoms with E-state index in [-0.39, 0.29) is 43.2 Å². The summed E-state index contributed by atoms with van der Waals surface area (Å²) >= 11 is 0. The molecule has 0 aliphatic carbocycles. The normalized spacial score (nSPS) is 17.9. The molecule has 1 aliphatic heterocycles. The van der Waals surface area contributed by atoms with Gasteiger partial charge in [0.05, 0.1) is 13.2 Å². The molecule has 0 radical (unpaired) electrons. The summed E-state index contributed by atoms with van der Waals surface area (Å²) in [6, 6.07) is 18.7. The Bertz CT molecular complexity index is 1380. The number of aromatic hydroxyl groups is 1. The zero-order chi connectivity index (χ0) is 29.5. The first-order valence-corrected chi connectivity index (χ1v) is 13.5. The number of carbonyl (C=O) groups is 3. The number of aliphatic hydroxyl groups excluding tert-OH is 1. The van der Waals surface area contributed by atoms with Gasteiger partial charge in [-0.1, -0.05) is 48.5 Å². The molecule has 1 saturated heterocycles. The molecule has 41 heavy (non-hydrogen) atoms. The summed E-state index contributed by atoms with van der Waals surface area (Å²) in [5.41, 5.74) is 8.38. The molecule has 3 aromatic carbocycles. The van der Waals surface area contributed by atoms with Gasteiger partial charge in [0.2, 0.25) is 5.91 Å².